The molecule has 0 aliphatic heterocycles. The standard InChI is InChI=1S/C7H15N3O2/c1-3-5(9-2)7(12)10-4-6(8)11/h5,9H,3-4H2,1-2H3,(H2,8,11)(H,10,12). The van der Waals surface area contributed by atoms with Crippen molar-refractivity contribution in [3.63, 3.8) is 0 Å². The van der Waals surface area contributed by atoms with Crippen molar-refractivity contribution in [2.75, 3.05) is 13.6 Å². The summed E-state index contributed by atoms with van der Waals surface area (Å²) in [6, 6.07) is -0.246. The Bertz CT molecular complexity index is 166. The molecular formula is C7H15N3O2. The van der Waals surface area contributed by atoms with E-state index in [9.17, 15) is 9.59 Å². The van der Waals surface area contributed by atoms with Crippen molar-refractivity contribution in [1.29, 1.82) is 0 Å². The Kier molecular flexibility index (Phi) is 5.03. The van der Waals surface area contributed by atoms with E-state index in [0.717, 1.165) is 0 Å². The molecule has 0 saturated heterocycles. The molecule has 0 aromatic heterocycles. The normalized spacial score (nSPS) is 12.2. The Morgan fingerprint density at radius 3 is 2.42 bits per heavy atom. The third-order valence-corrected chi connectivity index (χ3v) is 1.51. The van der Waals surface area contributed by atoms with Gasteiger partial charge in [0, 0.05) is 0 Å². The topological polar surface area (TPSA) is 84.2 Å². The minimum Gasteiger partial charge on any atom is -0.368 e. The zero-order chi connectivity index (χ0) is 9.56. The van der Waals surface area contributed by atoms with Crippen molar-refractivity contribution >= 4 is 11.8 Å². The maximum Gasteiger partial charge on any atom is 0.237 e. The summed E-state index contributed by atoms with van der Waals surface area (Å²) in [4.78, 5) is 21.4. The Morgan fingerprint density at radius 1 is 1.50 bits per heavy atom. The van der Waals surface area contributed by atoms with Crippen LogP contribution in [-0.4, -0.2) is 31.4 Å². The van der Waals surface area contributed by atoms with Gasteiger partial charge in [0.05, 0.1) is 12.6 Å². The molecule has 0 bridgehead atoms. The van der Waals surface area contributed by atoms with Crippen molar-refractivity contribution in [1.82, 2.24) is 10.6 Å². The van der Waals surface area contributed by atoms with Gasteiger partial charge in [-0.15, -0.1) is 0 Å². The molecule has 0 rings (SSSR count). The van der Waals surface area contributed by atoms with E-state index >= 15 is 0 Å². The highest BCUT2D eigenvalue weighted by atomic mass is 16.2. The van der Waals surface area contributed by atoms with E-state index in [4.69, 9.17) is 5.73 Å². The minimum atomic E-state index is -0.533. The second-order valence-electron chi connectivity index (χ2n) is 2.43. The molecule has 2 amide bonds. The second-order valence-corrected chi connectivity index (χ2v) is 2.43. The molecule has 0 spiro atoms. The molecule has 0 aliphatic carbocycles. The van der Waals surface area contributed by atoms with Crippen LogP contribution in [0.2, 0.25) is 0 Å². The van der Waals surface area contributed by atoms with Crippen LogP contribution in [0.1, 0.15) is 13.3 Å². The molecule has 1 atom stereocenters. The van der Waals surface area contributed by atoms with Gasteiger partial charge in [0.15, 0.2) is 0 Å². The number of carbonyl (C=O) groups is 2. The number of amides is 2. The molecule has 0 aliphatic rings. The number of primary amides is 1. The highest BCUT2D eigenvalue weighted by Crippen LogP contribution is 1.88. The van der Waals surface area contributed by atoms with Gasteiger partial charge in [0.25, 0.3) is 0 Å². The lowest BCUT2D eigenvalue weighted by molar-refractivity contribution is -0.126. The smallest absolute Gasteiger partial charge is 0.237 e. The summed E-state index contributed by atoms with van der Waals surface area (Å²) in [5.74, 6) is -0.729. The van der Waals surface area contributed by atoms with Crippen LogP contribution in [0.25, 0.3) is 0 Å². The van der Waals surface area contributed by atoms with Gasteiger partial charge in [0.2, 0.25) is 11.8 Å². The first-order valence-electron chi connectivity index (χ1n) is 3.85. The first-order valence-corrected chi connectivity index (χ1v) is 3.85. The summed E-state index contributed by atoms with van der Waals surface area (Å²) in [7, 11) is 1.69. The molecule has 0 heterocycles. The third kappa shape index (κ3) is 3.92. The first-order chi connectivity index (χ1) is 5.61. The second kappa shape index (κ2) is 5.54. The quantitative estimate of drug-likeness (QED) is 0.477. The highest BCUT2D eigenvalue weighted by Gasteiger charge is 2.13. The predicted octanol–water partition coefficient (Wildman–Crippen LogP) is -1.41. The number of carbonyl (C=O) groups excluding carboxylic acids is 2. The zero-order valence-corrected chi connectivity index (χ0v) is 7.39. The average Bonchev–Trinajstić information content (AvgIpc) is 2.03. The van der Waals surface area contributed by atoms with Crippen LogP contribution in [0, 0.1) is 0 Å². The molecule has 0 radical (unpaired) electrons. The van der Waals surface area contributed by atoms with Gasteiger partial charge in [-0.05, 0) is 13.5 Å². The summed E-state index contributed by atoms with van der Waals surface area (Å²) in [5.41, 5.74) is 4.85. The monoisotopic (exact) mass is 173 g/mol. The lowest BCUT2D eigenvalue weighted by Crippen LogP contribution is -2.44. The largest absolute Gasteiger partial charge is 0.368 e. The molecule has 0 aromatic carbocycles. The van der Waals surface area contributed by atoms with E-state index < -0.39 is 5.91 Å². The van der Waals surface area contributed by atoms with Crippen LogP contribution in [0.5, 0.6) is 0 Å². The SMILES string of the molecule is CCC(NC)C(=O)NCC(N)=O. The van der Waals surface area contributed by atoms with Gasteiger partial charge < -0.3 is 16.4 Å². The number of nitrogens with one attached hydrogen (secondary N) is 2. The molecule has 4 N–H and O–H groups in total. The highest BCUT2D eigenvalue weighted by molar-refractivity contribution is 5.86. The van der Waals surface area contributed by atoms with E-state index in [-0.39, 0.29) is 18.5 Å². The minimum absolute atomic E-state index is 0.100. The van der Waals surface area contributed by atoms with E-state index in [0.29, 0.717) is 6.42 Å². The van der Waals surface area contributed by atoms with Crippen molar-refractivity contribution in [3.8, 4) is 0 Å². The third-order valence-electron chi connectivity index (χ3n) is 1.51. The van der Waals surface area contributed by atoms with Crippen LogP contribution < -0.4 is 16.4 Å². The van der Waals surface area contributed by atoms with Gasteiger partial charge in [-0.3, -0.25) is 9.59 Å². The van der Waals surface area contributed by atoms with E-state index in [1.54, 1.807) is 7.05 Å². The fourth-order valence-corrected chi connectivity index (χ4v) is 0.818. The summed E-state index contributed by atoms with van der Waals surface area (Å²) < 4.78 is 0. The molecule has 70 valence electrons. The van der Waals surface area contributed by atoms with Gasteiger partial charge in [-0.1, -0.05) is 6.92 Å². The summed E-state index contributed by atoms with van der Waals surface area (Å²) >= 11 is 0. The number of hydrogen-bond donors (Lipinski definition) is 3. The van der Waals surface area contributed by atoms with Crippen molar-refractivity contribution in [2.45, 2.75) is 19.4 Å². The molecular weight excluding hydrogens is 158 g/mol. The van der Waals surface area contributed by atoms with Gasteiger partial charge >= 0.3 is 0 Å². The Morgan fingerprint density at radius 2 is 2.08 bits per heavy atom. The van der Waals surface area contributed by atoms with Crippen LogP contribution in [0.15, 0.2) is 0 Å². The molecule has 5 nitrogen and oxygen atoms in total. The van der Waals surface area contributed by atoms with Crippen LogP contribution in [0.3, 0.4) is 0 Å². The van der Waals surface area contributed by atoms with Gasteiger partial charge in [0.1, 0.15) is 0 Å². The van der Waals surface area contributed by atoms with Gasteiger partial charge in [-0.25, -0.2) is 0 Å². The molecule has 0 fully saturated rings. The number of nitrogens with two attached hydrogens (primary N) is 1. The Labute approximate surface area is 71.7 Å². The molecule has 12 heavy (non-hydrogen) atoms. The molecule has 0 aromatic rings. The lowest BCUT2D eigenvalue weighted by Gasteiger charge is -2.12. The number of hydrogen-bond acceptors (Lipinski definition) is 3. The van der Waals surface area contributed by atoms with Crippen molar-refractivity contribution in [2.24, 2.45) is 5.73 Å². The van der Waals surface area contributed by atoms with E-state index in [1.807, 2.05) is 6.92 Å². The predicted molar refractivity (Wildman–Crippen MR) is 45.3 cm³/mol. The zero-order valence-electron chi connectivity index (χ0n) is 7.39. The summed E-state index contributed by atoms with van der Waals surface area (Å²) in [6.07, 6.45) is 0.682. The molecule has 5 heteroatoms. The molecule has 1 unspecified atom stereocenters. The van der Waals surface area contributed by atoms with Crippen molar-refractivity contribution < 1.29 is 9.59 Å². The average molecular weight is 173 g/mol. The molecule has 0 saturated carbocycles. The summed E-state index contributed by atoms with van der Waals surface area (Å²) in [5, 5.41) is 5.22. The van der Waals surface area contributed by atoms with Crippen LogP contribution >= 0.6 is 0 Å². The Balaban J connectivity index is 3.77. The van der Waals surface area contributed by atoms with Crippen LogP contribution in [0.4, 0.5) is 0 Å². The fraction of sp³-hybridized carbons (Fsp3) is 0.714. The Hall–Kier alpha value is -1.10. The number of rotatable bonds is 5. The number of likely N-dealkylation sites (N-methyl/N-ethyl adjacent to an activating group) is 1. The lowest BCUT2D eigenvalue weighted by atomic mass is 10.2. The maximum absolute atomic E-state index is 11.1. The summed E-state index contributed by atoms with van der Waals surface area (Å²) in [6.45, 7) is 1.78. The van der Waals surface area contributed by atoms with E-state index in [2.05, 4.69) is 10.6 Å². The van der Waals surface area contributed by atoms with E-state index in [1.165, 1.54) is 0 Å². The van der Waals surface area contributed by atoms with Gasteiger partial charge in [-0.2, -0.15) is 0 Å². The van der Waals surface area contributed by atoms with Crippen molar-refractivity contribution in [3.05, 3.63) is 0 Å². The fourth-order valence-electron chi connectivity index (χ4n) is 0.818. The maximum atomic E-state index is 11.1. The van der Waals surface area contributed by atoms with Crippen LogP contribution in [-0.2, 0) is 9.59 Å². The first kappa shape index (κ1) is 10.9.